The van der Waals surface area contributed by atoms with Gasteiger partial charge < -0.3 is 14.8 Å². The fourth-order valence-electron chi connectivity index (χ4n) is 4.73. The number of halogens is 1. The number of pyridine rings is 1. The van der Waals surface area contributed by atoms with Crippen molar-refractivity contribution in [2.45, 2.75) is 18.9 Å². The van der Waals surface area contributed by atoms with Crippen molar-refractivity contribution < 1.29 is 9.59 Å². The number of hydrogen-bond acceptors (Lipinski definition) is 4. The summed E-state index contributed by atoms with van der Waals surface area (Å²) in [5.74, 6) is -0.225. The van der Waals surface area contributed by atoms with Gasteiger partial charge in [-0.2, -0.15) is 0 Å². The minimum Gasteiger partial charge on any atom is -0.336 e. The summed E-state index contributed by atoms with van der Waals surface area (Å²) in [5.41, 5.74) is 1.72. The number of rotatable bonds is 4. The lowest BCUT2D eigenvalue weighted by molar-refractivity contribution is -0.130. The summed E-state index contributed by atoms with van der Waals surface area (Å²) in [7, 11) is 0. The van der Waals surface area contributed by atoms with E-state index in [1.165, 1.54) is 11.3 Å². The maximum Gasteiger partial charge on any atom is 0.270 e. The van der Waals surface area contributed by atoms with Crippen molar-refractivity contribution in [1.82, 2.24) is 14.8 Å². The van der Waals surface area contributed by atoms with Crippen LogP contribution >= 0.6 is 27.3 Å². The molecule has 5 rings (SSSR count). The van der Waals surface area contributed by atoms with E-state index in [0.717, 1.165) is 17.0 Å². The maximum absolute atomic E-state index is 13.7. The quantitative estimate of drug-likeness (QED) is 0.523. The zero-order valence-electron chi connectivity index (χ0n) is 17.7. The van der Waals surface area contributed by atoms with Crippen molar-refractivity contribution in [1.29, 1.82) is 0 Å². The van der Waals surface area contributed by atoms with Crippen LogP contribution in [0.3, 0.4) is 0 Å². The predicted molar refractivity (Wildman–Crippen MR) is 132 cm³/mol. The highest BCUT2D eigenvalue weighted by molar-refractivity contribution is 9.10. The van der Waals surface area contributed by atoms with Crippen molar-refractivity contribution in [3.8, 4) is 0 Å². The number of carbonyl (C=O) groups excluding carboxylic acids is 2. The molecule has 0 unspecified atom stereocenters. The van der Waals surface area contributed by atoms with E-state index < -0.39 is 0 Å². The van der Waals surface area contributed by atoms with Crippen LogP contribution in [0.4, 0.5) is 0 Å². The Kier molecular flexibility index (Phi) is 6.03. The van der Waals surface area contributed by atoms with Crippen molar-refractivity contribution in [2.75, 3.05) is 13.1 Å². The topological polar surface area (TPSA) is 71.4 Å². The van der Waals surface area contributed by atoms with Gasteiger partial charge >= 0.3 is 0 Å². The fraction of sp³-hybridized carbons (Fsp3) is 0.240. The third-order valence-corrected chi connectivity index (χ3v) is 7.70. The Morgan fingerprint density at radius 2 is 1.88 bits per heavy atom. The molecule has 2 aliphatic rings. The normalized spacial score (nSPS) is 19.7. The van der Waals surface area contributed by atoms with Crippen LogP contribution in [-0.2, 0) is 11.3 Å². The molecule has 2 aromatic heterocycles. The van der Waals surface area contributed by atoms with Gasteiger partial charge in [0.1, 0.15) is 5.70 Å². The number of likely N-dealkylation sites (tertiary alicyclic amines) is 1. The predicted octanol–water partition coefficient (Wildman–Crippen LogP) is 4.09. The van der Waals surface area contributed by atoms with Gasteiger partial charge in [-0.15, -0.1) is 11.3 Å². The van der Waals surface area contributed by atoms with E-state index in [0.29, 0.717) is 29.7 Å². The van der Waals surface area contributed by atoms with Crippen LogP contribution in [-0.4, -0.2) is 34.4 Å². The summed E-state index contributed by atoms with van der Waals surface area (Å²) >= 11 is 4.92. The molecule has 1 fully saturated rings. The molecule has 8 heteroatoms. The molecule has 1 aromatic carbocycles. The second kappa shape index (κ2) is 9.11. The average molecular weight is 524 g/mol. The van der Waals surface area contributed by atoms with Gasteiger partial charge in [0.05, 0.1) is 5.56 Å². The highest BCUT2D eigenvalue weighted by atomic mass is 79.9. The molecule has 0 aliphatic carbocycles. The standard InChI is InChI=1S/C25H22BrN3O3S/c26-20-7-2-1-6-19(20)24(31)27-21(12-18-5-4-10-33-18)25(32)28-13-16-11-17(15-28)22-8-3-9-23(30)29(22)14-16/h1-10,12,16-17H,11,13-15H2,(H,27,31)/b21-12+/t16-,17+/m0/s1. The van der Waals surface area contributed by atoms with Crippen molar-refractivity contribution >= 4 is 45.2 Å². The molecule has 2 amide bonds. The summed E-state index contributed by atoms with van der Waals surface area (Å²) < 4.78 is 2.51. The summed E-state index contributed by atoms with van der Waals surface area (Å²) in [4.78, 5) is 41.7. The number of hydrogen-bond donors (Lipinski definition) is 1. The third-order valence-electron chi connectivity index (χ3n) is 6.19. The summed E-state index contributed by atoms with van der Waals surface area (Å²) in [6.45, 7) is 1.69. The van der Waals surface area contributed by atoms with E-state index in [9.17, 15) is 14.4 Å². The smallest absolute Gasteiger partial charge is 0.270 e. The highest BCUT2D eigenvalue weighted by Gasteiger charge is 2.37. The van der Waals surface area contributed by atoms with E-state index in [-0.39, 0.29) is 34.9 Å². The first-order valence-corrected chi connectivity index (χ1v) is 12.5. The number of nitrogens with one attached hydrogen (secondary N) is 1. The summed E-state index contributed by atoms with van der Waals surface area (Å²) in [6, 6.07) is 16.3. The third kappa shape index (κ3) is 4.45. The van der Waals surface area contributed by atoms with Gasteiger partial charge in [-0.1, -0.05) is 24.3 Å². The van der Waals surface area contributed by atoms with Crippen molar-refractivity contribution in [3.05, 3.63) is 96.6 Å². The van der Waals surface area contributed by atoms with E-state index in [1.807, 2.05) is 39.1 Å². The van der Waals surface area contributed by atoms with Crippen LogP contribution in [0.1, 0.15) is 33.3 Å². The van der Waals surface area contributed by atoms with Crippen molar-refractivity contribution in [3.63, 3.8) is 0 Å². The van der Waals surface area contributed by atoms with Crippen LogP contribution in [0.25, 0.3) is 6.08 Å². The number of carbonyl (C=O) groups is 2. The summed E-state index contributed by atoms with van der Waals surface area (Å²) in [5, 5.41) is 4.79. The van der Waals surface area contributed by atoms with E-state index in [4.69, 9.17) is 0 Å². The number of piperidine rings is 1. The van der Waals surface area contributed by atoms with Gasteiger partial charge in [-0.25, -0.2) is 0 Å². The molecule has 3 aromatic rings. The van der Waals surface area contributed by atoms with E-state index in [1.54, 1.807) is 36.4 Å². The molecule has 1 N–H and O–H groups in total. The van der Waals surface area contributed by atoms with E-state index >= 15 is 0 Å². The number of fused-ring (bicyclic) bond motifs is 4. The van der Waals surface area contributed by atoms with Gasteiger partial charge in [0.15, 0.2) is 0 Å². The average Bonchev–Trinajstić information content (AvgIpc) is 3.32. The molecule has 4 heterocycles. The van der Waals surface area contributed by atoms with Crippen LogP contribution in [0.2, 0.25) is 0 Å². The Labute approximate surface area is 203 Å². The molecule has 6 nitrogen and oxygen atoms in total. The maximum atomic E-state index is 13.7. The molecule has 0 saturated carbocycles. The molecular weight excluding hydrogens is 502 g/mol. The van der Waals surface area contributed by atoms with Gasteiger partial charge in [0.2, 0.25) is 0 Å². The molecule has 168 valence electrons. The monoisotopic (exact) mass is 523 g/mol. The Bertz CT molecular complexity index is 1300. The highest BCUT2D eigenvalue weighted by Crippen LogP contribution is 2.35. The van der Waals surface area contributed by atoms with Gasteiger partial charge in [-0.3, -0.25) is 14.4 Å². The molecule has 2 aliphatic heterocycles. The lowest BCUT2D eigenvalue weighted by Gasteiger charge is -2.43. The second-order valence-corrected chi connectivity index (χ2v) is 10.2. The Hall–Kier alpha value is -2.97. The van der Waals surface area contributed by atoms with Crippen molar-refractivity contribution in [2.24, 2.45) is 5.92 Å². The van der Waals surface area contributed by atoms with Crippen LogP contribution in [0, 0.1) is 5.92 Å². The molecule has 1 saturated heterocycles. The van der Waals surface area contributed by atoms with Gasteiger partial charge in [-0.05, 0) is 64.0 Å². The Morgan fingerprint density at radius 3 is 2.67 bits per heavy atom. The van der Waals surface area contributed by atoms with E-state index in [2.05, 4.69) is 21.2 Å². The molecule has 2 atom stereocenters. The van der Waals surface area contributed by atoms with Crippen LogP contribution < -0.4 is 10.9 Å². The lowest BCUT2D eigenvalue weighted by atomic mass is 9.83. The Balaban J connectivity index is 1.43. The lowest BCUT2D eigenvalue weighted by Crippen LogP contribution is -2.50. The number of amides is 2. The number of nitrogens with zero attached hydrogens (tertiary/aromatic N) is 2. The minimum atomic E-state index is -0.340. The molecule has 2 bridgehead atoms. The van der Waals surface area contributed by atoms with Gasteiger partial charge in [0, 0.05) is 46.7 Å². The Morgan fingerprint density at radius 1 is 1.03 bits per heavy atom. The zero-order valence-corrected chi connectivity index (χ0v) is 20.1. The SMILES string of the molecule is O=C(N/C(=C/c1cccs1)C(=O)N1C[C@@H]2C[C@H](C1)c1cccc(=O)n1C2)c1ccccc1Br. The molecule has 0 spiro atoms. The van der Waals surface area contributed by atoms with Gasteiger partial charge in [0.25, 0.3) is 17.4 Å². The fourth-order valence-corrected chi connectivity index (χ4v) is 5.86. The zero-order chi connectivity index (χ0) is 22.9. The van der Waals surface area contributed by atoms with Crippen LogP contribution in [0.5, 0.6) is 0 Å². The summed E-state index contributed by atoms with van der Waals surface area (Å²) in [6.07, 6.45) is 2.70. The second-order valence-electron chi connectivity index (χ2n) is 8.42. The molecule has 0 radical (unpaired) electrons. The molecule has 33 heavy (non-hydrogen) atoms. The molecular formula is C25H22BrN3O3S. The number of benzene rings is 1. The first-order chi connectivity index (χ1) is 16.0. The number of aromatic nitrogens is 1. The number of thiophene rings is 1. The van der Waals surface area contributed by atoms with Crippen LogP contribution in [0.15, 0.2) is 74.9 Å². The first-order valence-electron chi connectivity index (χ1n) is 10.8. The largest absolute Gasteiger partial charge is 0.336 e. The first kappa shape index (κ1) is 21.9. The minimum absolute atomic E-state index is 0.0148.